The fraction of sp³-hybridized carbons (Fsp3) is 0.500. The summed E-state index contributed by atoms with van der Waals surface area (Å²) in [4.78, 5) is 11.4. The van der Waals surface area contributed by atoms with Gasteiger partial charge in [0.05, 0.1) is 13.2 Å². The molecule has 1 aromatic rings. The summed E-state index contributed by atoms with van der Waals surface area (Å²) in [5.74, 6) is -0.218. The van der Waals surface area contributed by atoms with Crippen LogP contribution in [0.3, 0.4) is 0 Å². The summed E-state index contributed by atoms with van der Waals surface area (Å²) < 4.78 is 10.1. The topological polar surface area (TPSA) is 47.6 Å². The molecule has 0 aliphatic heterocycles. The van der Waals surface area contributed by atoms with E-state index in [4.69, 9.17) is 9.47 Å². The number of benzene rings is 1. The maximum atomic E-state index is 11.4. The van der Waals surface area contributed by atoms with Crippen LogP contribution in [0.1, 0.15) is 25.3 Å². The molecule has 0 radical (unpaired) electrons. The first-order chi connectivity index (χ1) is 8.76. The number of carbonyl (C=O) groups is 1. The molecule has 100 valence electrons. The fourth-order valence-corrected chi connectivity index (χ4v) is 1.44. The molecular formula is C14H21NO3. The van der Waals surface area contributed by atoms with Crippen molar-refractivity contribution in [1.29, 1.82) is 0 Å². The van der Waals surface area contributed by atoms with Crippen molar-refractivity contribution in [2.75, 3.05) is 25.6 Å². The number of ether oxygens (including phenoxy) is 2. The van der Waals surface area contributed by atoms with Crippen molar-refractivity contribution in [1.82, 2.24) is 0 Å². The van der Waals surface area contributed by atoms with Crippen molar-refractivity contribution in [3.8, 4) is 0 Å². The fourth-order valence-electron chi connectivity index (χ4n) is 1.44. The highest BCUT2D eigenvalue weighted by molar-refractivity contribution is 5.74. The van der Waals surface area contributed by atoms with Crippen molar-refractivity contribution < 1.29 is 14.3 Å². The molecule has 0 aromatic heterocycles. The van der Waals surface area contributed by atoms with E-state index in [1.165, 1.54) is 0 Å². The van der Waals surface area contributed by atoms with Crippen molar-refractivity contribution in [3.63, 3.8) is 0 Å². The highest BCUT2D eigenvalue weighted by atomic mass is 16.5. The molecule has 0 bridgehead atoms. The SMILES string of the molecule is CCCCOC(=O)CNc1ccc(COC)cc1. The molecule has 0 aliphatic carbocycles. The normalized spacial score (nSPS) is 10.1. The van der Waals surface area contributed by atoms with E-state index < -0.39 is 0 Å². The second-order valence-electron chi connectivity index (χ2n) is 4.06. The van der Waals surface area contributed by atoms with Crippen LogP contribution in [0.15, 0.2) is 24.3 Å². The zero-order chi connectivity index (χ0) is 13.2. The minimum absolute atomic E-state index is 0.202. The van der Waals surface area contributed by atoms with Gasteiger partial charge in [-0.05, 0) is 24.1 Å². The second kappa shape index (κ2) is 8.53. The third-order valence-corrected chi connectivity index (χ3v) is 2.46. The van der Waals surface area contributed by atoms with Gasteiger partial charge in [0.15, 0.2) is 0 Å². The zero-order valence-corrected chi connectivity index (χ0v) is 11.1. The summed E-state index contributed by atoms with van der Waals surface area (Å²) in [6.07, 6.45) is 1.94. The summed E-state index contributed by atoms with van der Waals surface area (Å²) >= 11 is 0. The molecule has 0 spiro atoms. The van der Waals surface area contributed by atoms with Crippen LogP contribution in [0.25, 0.3) is 0 Å². The lowest BCUT2D eigenvalue weighted by atomic mass is 10.2. The van der Waals surface area contributed by atoms with Crippen LogP contribution in [0.5, 0.6) is 0 Å². The lowest BCUT2D eigenvalue weighted by molar-refractivity contribution is -0.141. The number of hydrogen-bond acceptors (Lipinski definition) is 4. The van der Waals surface area contributed by atoms with Crippen LogP contribution in [-0.4, -0.2) is 26.2 Å². The monoisotopic (exact) mass is 251 g/mol. The Labute approximate surface area is 108 Å². The van der Waals surface area contributed by atoms with Crippen LogP contribution < -0.4 is 5.32 Å². The molecule has 0 saturated carbocycles. The molecule has 0 aliphatic rings. The van der Waals surface area contributed by atoms with Crippen molar-refractivity contribution >= 4 is 11.7 Å². The van der Waals surface area contributed by atoms with E-state index in [0.717, 1.165) is 24.1 Å². The molecule has 4 heteroatoms. The van der Waals surface area contributed by atoms with Gasteiger partial charge in [0.2, 0.25) is 0 Å². The van der Waals surface area contributed by atoms with Crippen molar-refractivity contribution in [2.24, 2.45) is 0 Å². The molecule has 18 heavy (non-hydrogen) atoms. The number of unbranched alkanes of at least 4 members (excludes halogenated alkanes) is 1. The van der Waals surface area contributed by atoms with Gasteiger partial charge >= 0.3 is 5.97 Å². The predicted octanol–water partition coefficient (Wildman–Crippen LogP) is 2.59. The first kappa shape index (κ1) is 14.5. The number of esters is 1. The van der Waals surface area contributed by atoms with Crippen LogP contribution in [0, 0.1) is 0 Å². The van der Waals surface area contributed by atoms with E-state index in [1.807, 2.05) is 24.3 Å². The van der Waals surface area contributed by atoms with Gasteiger partial charge in [0.1, 0.15) is 6.54 Å². The summed E-state index contributed by atoms with van der Waals surface area (Å²) in [7, 11) is 1.67. The van der Waals surface area contributed by atoms with Gasteiger partial charge in [0.25, 0.3) is 0 Å². The molecule has 0 fully saturated rings. The maximum Gasteiger partial charge on any atom is 0.325 e. The smallest absolute Gasteiger partial charge is 0.325 e. The Balaban J connectivity index is 2.27. The van der Waals surface area contributed by atoms with E-state index >= 15 is 0 Å². The number of anilines is 1. The van der Waals surface area contributed by atoms with Crippen molar-refractivity contribution in [3.05, 3.63) is 29.8 Å². The minimum Gasteiger partial charge on any atom is -0.464 e. The lowest BCUT2D eigenvalue weighted by Crippen LogP contribution is -2.17. The van der Waals surface area contributed by atoms with Crippen LogP contribution in [0.4, 0.5) is 5.69 Å². The molecule has 4 nitrogen and oxygen atoms in total. The molecule has 1 rings (SSSR count). The first-order valence-corrected chi connectivity index (χ1v) is 6.23. The Bertz CT molecular complexity index is 349. The van der Waals surface area contributed by atoms with Crippen LogP contribution >= 0.6 is 0 Å². The number of hydrogen-bond donors (Lipinski definition) is 1. The van der Waals surface area contributed by atoms with E-state index in [2.05, 4.69) is 12.2 Å². The summed E-state index contributed by atoms with van der Waals surface area (Å²) in [5, 5.41) is 3.03. The zero-order valence-electron chi connectivity index (χ0n) is 11.1. The Hall–Kier alpha value is -1.55. The molecule has 1 N–H and O–H groups in total. The molecular weight excluding hydrogens is 230 g/mol. The third kappa shape index (κ3) is 5.68. The maximum absolute atomic E-state index is 11.4. The van der Waals surface area contributed by atoms with Gasteiger partial charge in [0, 0.05) is 12.8 Å². The van der Waals surface area contributed by atoms with Gasteiger partial charge in [-0.2, -0.15) is 0 Å². The molecule has 0 atom stereocenters. The van der Waals surface area contributed by atoms with Crippen LogP contribution in [0.2, 0.25) is 0 Å². The summed E-state index contributed by atoms with van der Waals surface area (Å²) in [6.45, 7) is 3.37. The van der Waals surface area contributed by atoms with Gasteiger partial charge in [-0.15, -0.1) is 0 Å². The minimum atomic E-state index is -0.218. The van der Waals surface area contributed by atoms with E-state index in [9.17, 15) is 4.79 Å². The van der Waals surface area contributed by atoms with Gasteiger partial charge in [-0.1, -0.05) is 25.5 Å². The molecule has 0 heterocycles. The van der Waals surface area contributed by atoms with Crippen LogP contribution in [-0.2, 0) is 20.9 Å². The predicted molar refractivity (Wildman–Crippen MR) is 71.5 cm³/mol. The first-order valence-electron chi connectivity index (χ1n) is 6.23. The Morgan fingerprint density at radius 2 is 2.00 bits per heavy atom. The third-order valence-electron chi connectivity index (χ3n) is 2.46. The summed E-state index contributed by atoms with van der Waals surface area (Å²) in [5.41, 5.74) is 2.01. The number of methoxy groups -OCH3 is 1. The summed E-state index contributed by atoms with van der Waals surface area (Å²) in [6, 6.07) is 7.78. The molecule has 0 unspecified atom stereocenters. The van der Waals surface area contributed by atoms with E-state index in [-0.39, 0.29) is 12.5 Å². The lowest BCUT2D eigenvalue weighted by Gasteiger charge is -2.07. The average Bonchev–Trinajstić information content (AvgIpc) is 2.39. The number of nitrogens with one attached hydrogen (secondary N) is 1. The second-order valence-corrected chi connectivity index (χ2v) is 4.06. The average molecular weight is 251 g/mol. The van der Waals surface area contributed by atoms with E-state index in [1.54, 1.807) is 7.11 Å². The Morgan fingerprint density at radius 3 is 2.61 bits per heavy atom. The van der Waals surface area contributed by atoms with E-state index in [0.29, 0.717) is 13.2 Å². The molecule has 0 amide bonds. The van der Waals surface area contributed by atoms with Gasteiger partial charge < -0.3 is 14.8 Å². The molecule has 0 saturated heterocycles. The highest BCUT2D eigenvalue weighted by Crippen LogP contribution is 2.09. The number of carbonyl (C=O) groups excluding carboxylic acids is 1. The number of rotatable bonds is 8. The Kier molecular flexibility index (Phi) is 6.87. The van der Waals surface area contributed by atoms with Gasteiger partial charge in [-0.25, -0.2) is 0 Å². The standard InChI is InChI=1S/C14H21NO3/c1-3-4-9-18-14(16)10-15-13-7-5-12(6-8-13)11-17-2/h5-8,15H,3-4,9-11H2,1-2H3. The quantitative estimate of drug-likeness (QED) is 0.570. The molecule has 1 aromatic carbocycles. The highest BCUT2D eigenvalue weighted by Gasteiger charge is 2.02. The van der Waals surface area contributed by atoms with Gasteiger partial charge in [-0.3, -0.25) is 4.79 Å². The van der Waals surface area contributed by atoms with Crippen molar-refractivity contribution in [2.45, 2.75) is 26.4 Å². The Morgan fingerprint density at radius 1 is 1.28 bits per heavy atom. The largest absolute Gasteiger partial charge is 0.464 e.